The number of nitrogens with zero attached hydrogens (tertiary/aromatic N) is 4. The second-order valence-corrected chi connectivity index (χ2v) is 5.22. The number of anilines is 2. The molecule has 0 spiro atoms. The van der Waals surface area contributed by atoms with Crippen molar-refractivity contribution < 1.29 is 4.74 Å². The summed E-state index contributed by atoms with van der Waals surface area (Å²) in [5.74, 6) is 2.42. The van der Waals surface area contributed by atoms with E-state index in [-0.39, 0.29) is 0 Å². The highest BCUT2D eigenvalue weighted by Gasteiger charge is 2.29. The normalized spacial score (nSPS) is 18.3. The first-order valence-electron chi connectivity index (χ1n) is 7.86. The molecule has 1 atom stereocenters. The Hall–Kier alpha value is -1.56. The van der Waals surface area contributed by atoms with Gasteiger partial charge in [0, 0.05) is 25.7 Å². The van der Waals surface area contributed by atoms with Gasteiger partial charge in [0.1, 0.15) is 6.33 Å². The number of ether oxygens (including phenoxy) is 1. The third kappa shape index (κ3) is 3.37. The molecule has 118 valence electrons. The van der Waals surface area contributed by atoms with E-state index < -0.39 is 0 Å². The summed E-state index contributed by atoms with van der Waals surface area (Å²) >= 11 is 0. The van der Waals surface area contributed by atoms with Gasteiger partial charge >= 0.3 is 0 Å². The lowest BCUT2D eigenvalue weighted by Crippen LogP contribution is -2.37. The van der Waals surface area contributed by atoms with Crippen LogP contribution in [0.5, 0.6) is 5.75 Å². The summed E-state index contributed by atoms with van der Waals surface area (Å²) in [6.45, 7) is 11.5. The summed E-state index contributed by atoms with van der Waals surface area (Å²) in [6.07, 6.45) is 2.78. The number of methoxy groups -OCH3 is 1. The minimum absolute atomic E-state index is 0.599. The lowest BCUT2D eigenvalue weighted by molar-refractivity contribution is 0.232. The molecule has 1 aromatic rings. The van der Waals surface area contributed by atoms with Crippen molar-refractivity contribution in [2.75, 3.05) is 50.1 Å². The molecule has 6 heteroatoms. The van der Waals surface area contributed by atoms with Crippen LogP contribution in [0.1, 0.15) is 27.2 Å². The molecule has 2 heterocycles. The minimum atomic E-state index is 0.599. The molecular weight excluding hydrogens is 266 g/mol. The third-order valence-electron chi connectivity index (χ3n) is 4.13. The smallest absolute Gasteiger partial charge is 0.204 e. The molecule has 21 heavy (non-hydrogen) atoms. The minimum Gasteiger partial charge on any atom is -0.490 e. The van der Waals surface area contributed by atoms with Crippen molar-refractivity contribution in [2.24, 2.45) is 0 Å². The van der Waals surface area contributed by atoms with Crippen LogP contribution in [0.25, 0.3) is 0 Å². The predicted molar refractivity (Wildman–Crippen MR) is 86.3 cm³/mol. The van der Waals surface area contributed by atoms with Crippen LogP contribution in [0.4, 0.5) is 11.6 Å². The van der Waals surface area contributed by atoms with Crippen LogP contribution in [-0.4, -0.2) is 60.7 Å². The molecular formula is C15H27N5O. The second-order valence-electron chi connectivity index (χ2n) is 5.22. The van der Waals surface area contributed by atoms with Crippen LogP contribution in [0.15, 0.2) is 6.33 Å². The number of hydrogen-bond donors (Lipinski definition) is 1. The maximum absolute atomic E-state index is 5.55. The Morgan fingerprint density at radius 1 is 1.33 bits per heavy atom. The van der Waals surface area contributed by atoms with Crippen molar-refractivity contribution in [3.63, 3.8) is 0 Å². The first-order valence-corrected chi connectivity index (χ1v) is 7.86. The van der Waals surface area contributed by atoms with Crippen molar-refractivity contribution in [2.45, 2.75) is 33.2 Å². The zero-order chi connectivity index (χ0) is 15.2. The zero-order valence-corrected chi connectivity index (χ0v) is 13.6. The maximum atomic E-state index is 5.55. The monoisotopic (exact) mass is 293 g/mol. The van der Waals surface area contributed by atoms with Crippen LogP contribution in [0, 0.1) is 0 Å². The third-order valence-corrected chi connectivity index (χ3v) is 4.13. The van der Waals surface area contributed by atoms with Gasteiger partial charge in [-0.2, -0.15) is 0 Å². The number of likely N-dealkylation sites (N-methyl/N-ethyl adjacent to an activating group) is 1. The number of hydrogen-bond acceptors (Lipinski definition) is 6. The van der Waals surface area contributed by atoms with Gasteiger partial charge in [-0.05, 0) is 26.4 Å². The van der Waals surface area contributed by atoms with E-state index in [1.54, 1.807) is 13.4 Å². The Balaban J connectivity index is 2.17. The van der Waals surface area contributed by atoms with Gasteiger partial charge in [-0.25, -0.2) is 9.97 Å². The predicted octanol–water partition coefficient (Wildman–Crippen LogP) is 1.84. The van der Waals surface area contributed by atoms with Crippen LogP contribution < -0.4 is 15.0 Å². The van der Waals surface area contributed by atoms with Gasteiger partial charge in [-0.15, -0.1) is 0 Å². The largest absolute Gasteiger partial charge is 0.490 e. The Bertz CT molecular complexity index is 450. The van der Waals surface area contributed by atoms with Crippen LogP contribution in [0.2, 0.25) is 0 Å². The molecule has 1 aromatic heterocycles. The summed E-state index contributed by atoms with van der Waals surface area (Å²) in [7, 11) is 1.68. The number of aromatic nitrogens is 2. The fraction of sp³-hybridized carbons (Fsp3) is 0.733. The van der Waals surface area contributed by atoms with Crippen LogP contribution in [0.3, 0.4) is 0 Å². The molecule has 2 rings (SSSR count). The molecule has 0 amide bonds. The molecule has 0 bridgehead atoms. The SMILES string of the molecule is CCNc1ncnc(N2CCC(N(CC)CC)C2)c1OC. The van der Waals surface area contributed by atoms with Crippen molar-refractivity contribution in [3.05, 3.63) is 6.33 Å². The first-order chi connectivity index (χ1) is 10.2. The standard InChI is InChI=1S/C15H27N5O/c1-5-16-14-13(21-4)15(18-11-17-14)20-9-8-12(10-20)19(6-2)7-3/h11-12H,5-10H2,1-4H3,(H,16,17,18). The molecule has 6 nitrogen and oxygen atoms in total. The molecule has 1 unspecified atom stereocenters. The molecule has 0 aromatic carbocycles. The topological polar surface area (TPSA) is 53.5 Å². The average Bonchev–Trinajstić information content (AvgIpc) is 2.98. The van der Waals surface area contributed by atoms with Crippen molar-refractivity contribution >= 4 is 11.6 Å². The Labute approximate surface area is 127 Å². The van der Waals surface area contributed by atoms with Gasteiger partial charge < -0.3 is 15.0 Å². The number of nitrogens with one attached hydrogen (secondary N) is 1. The fourth-order valence-corrected chi connectivity index (χ4v) is 3.04. The van der Waals surface area contributed by atoms with E-state index in [2.05, 4.69) is 38.9 Å². The van der Waals surface area contributed by atoms with Gasteiger partial charge in [0.2, 0.25) is 5.75 Å². The average molecular weight is 293 g/mol. The van der Waals surface area contributed by atoms with E-state index in [0.29, 0.717) is 6.04 Å². The highest BCUT2D eigenvalue weighted by molar-refractivity contribution is 5.65. The molecule has 0 radical (unpaired) electrons. The molecule has 1 saturated heterocycles. The molecule has 1 N–H and O–H groups in total. The van der Waals surface area contributed by atoms with Crippen LogP contribution >= 0.6 is 0 Å². The summed E-state index contributed by atoms with van der Waals surface area (Å²) in [5, 5.41) is 3.23. The maximum Gasteiger partial charge on any atom is 0.204 e. The van der Waals surface area contributed by atoms with Gasteiger partial charge in [-0.3, -0.25) is 4.90 Å². The van der Waals surface area contributed by atoms with Crippen molar-refractivity contribution in [1.82, 2.24) is 14.9 Å². The van der Waals surface area contributed by atoms with Gasteiger partial charge in [0.15, 0.2) is 11.6 Å². The second kappa shape index (κ2) is 7.45. The van der Waals surface area contributed by atoms with E-state index in [0.717, 1.165) is 50.1 Å². The summed E-state index contributed by atoms with van der Waals surface area (Å²) < 4.78 is 5.55. The molecule has 1 aliphatic rings. The zero-order valence-electron chi connectivity index (χ0n) is 13.6. The molecule has 0 saturated carbocycles. The highest BCUT2D eigenvalue weighted by atomic mass is 16.5. The van der Waals surface area contributed by atoms with E-state index in [4.69, 9.17) is 4.74 Å². The quantitative estimate of drug-likeness (QED) is 0.828. The molecule has 1 fully saturated rings. The highest BCUT2D eigenvalue weighted by Crippen LogP contribution is 2.34. The lowest BCUT2D eigenvalue weighted by Gasteiger charge is -2.27. The molecule has 1 aliphatic heterocycles. The van der Waals surface area contributed by atoms with Gasteiger partial charge in [0.25, 0.3) is 0 Å². The van der Waals surface area contributed by atoms with E-state index in [1.165, 1.54) is 6.42 Å². The lowest BCUT2D eigenvalue weighted by atomic mass is 10.2. The first kappa shape index (κ1) is 15.8. The summed E-state index contributed by atoms with van der Waals surface area (Å²) in [4.78, 5) is 13.5. The van der Waals surface area contributed by atoms with E-state index >= 15 is 0 Å². The molecule has 0 aliphatic carbocycles. The van der Waals surface area contributed by atoms with E-state index in [9.17, 15) is 0 Å². The van der Waals surface area contributed by atoms with Crippen molar-refractivity contribution in [1.29, 1.82) is 0 Å². The van der Waals surface area contributed by atoms with Gasteiger partial charge in [-0.1, -0.05) is 13.8 Å². The fourth-order valence-electron chi connectivity index (χ4n) is 3.04. The summed E-state index contributed by atoms with van der Waals surface area (Å²) in [5.41, 5.74) is 0. The van der Waals surface area contributed by atoms with Gasteiger partial charge in [0.05, 0.1) is 7.11 Å². The van der Waals surface area contributed by atoms with Crippen molar-refractivity contribution in [3.8, 4) is 5.75 Å². The Morgan fingerprint density at radius 2 is 2.10 bits per heavy atom. The Morgan fingerprint density at radius 3 is 2.71 bits per heavy atom. The summed E-state index contributed by atoms with van der Waals surface area (Å²) in [6, 6.07) is 0.599. The number of rotatable bonds is 7. The van der Waals surface area contributed by atoms with Crippen LogP contribution in [-0.2, 0) is 0 Å². The van der Waals surface area contributed by atoms with E-state index in [1.807, 2.05) is 6.92 Å². The Kier molecular flexibility index (Phi) is 5.61.